The number of carbonyl (C=O) groups excluding carboxylic acids is 2. The molecule has 2 aliphatic rings. The number of likely N-dealkylation sites (tertiary alicyclic amines) is 1. The number of amides is 2. The van der Waals surface area contributed by atoms with Gasteiger partial charge >= 0.3 is 6.18 Å². The molecule has 110 valence electrons. The fourth-order valence-corrected chi connectivity index (χ4v) is 2.57. The number of carbonyl (C=O) groups is 2. The van der Waals surface area contributed by atoms with Crippen LogP contribution in [0.5, 0.6) is 0 Å². The Morgan fingerprint density at radius 1 is 1.05 bits per heavy atom. The Balaban J connectivity index is 1.85. The first-order chi connectivity index (χ1) is 9.89. The molecule has 1 fully saturated rings. The summed E-state index contributed by atoms with van der Waals surface area (Å²) >= 11 is 0. The molecule has 1 saturated heterocycles. The van der Waals surface area contributed by atoms with Gasteiger partial charge in [-0.25, -0.2) is 0 Å². The Kier molecular flexibility index (Phi) is 3.03. The Morgan fingerprint density at radius 2 is 1.71 bits per heavy atom. The lowest BCUT2D eigenvalue weighted by Gasteiger charge is -2.18. The van der Waals surface area contributed by atoms with Gasteiger partial charge in [0.1, 0.15) is 5.92 Å². The molecule has 2 amide bonds. The number of azo groups is 1. The average molecular weight is 297 g/mol. The minimum absolute atomic E-state index is 0.0500. The fraction of sp³-hybridized carbons (Fsp3) is 0.385. The number of fused-ring (bicyclic) bond motifs is 1. The summed E-state index contributed by atoms with van der Waals surface area (Å²) < 4.78 is 38.5. The molecule has 21 heavy (non-hydrogen) atoms. The molecule has 3 rings (SSSR count). The number of imide groups is 1. The molecule has 5 nitrogen and oxygen atoms in total. The second-order valence-electron chi connectivity index (χ2n) is 4.94. The number of hydrogen-bond acceptors (Lipinski definition) is 4. The van der Waals surface area contributed by atoms with Crippen molar-refractivity contribution in [1.82, 2.24) is 4.90 Å². The number of hydrogen-bond donors (Lipinski definition) is 0. The van der Waals surface area contributed by atoms with Crippen molar-refractivity contribution in [1.29, 1.82) is 0 Å². The number of rotatable bonds is 2. The largest absolute Gasteiger partial charge is 0.413 e. The van der Waals surface area contributed by atoms with Crippen LogP contribution in [0.15, 0.2) is 40.6 Å². The van der Waals surface area contributed by atoms with E-state index in [9.17, 15) is 22.8 Å². The topological polar surface area (TPSA) is 62.1 Å². The highest BCUT2D eigenvalue weighted by Gasteiger charge is 2.62. The molecule has 2 heterocycles. The van der Waals surface area contributed by atoms with Crippen molar-refractivity contribution < 1.29 is 22.8 Å². The van der Waals surface area contributed by atoms with Crippen molar-refractivity contribution in [2.24, 2.45) is 16.1 Å². The van der Waals surface area contributed by atoms with Gasteiger partial charge in [-0.1, -0.05) is 30.3 Å². The number of nitrogens with zero attached hydrogens (tertiary/aromatic N) is 3. The van der Waals surface area contributed by atoms with Crippen LogP contribution in [-0.4, -0.2) is 35.0 Å². The van der Waals surface area contributed by atoms with Gasteiger partial charge in [0, 0.05) is 0 Å². The zero-order chi connectivity index (χ0) is 15.2. The van der Waals surface area contributed by atoms with Crippen LogP contribution >= 0.6 is 0 Å². The van der Waals surface area contributed by atoms with Gasteiger partial charge < -0.3 is 0 Å². The van der Waals surface area contributed by atoms with Crippen molar-refractivity contribution in [2.75, 3.05) is 0 Å². The second kappa shape index (κ2) is 4.64. The highest BCUT2D eigenvalue weighted by Crippen LogP contribution is 2.41. The summed E-state index contributed by atoms with van der Waals surface area (Å²) in [5, 5.41) is 6.43. The molecule has 0 unspecified atom stereocenters. The maximum atomic E-state index is 12.8. The first kappa shape index (κ1) is 13.7. The minimum Gasteiger partial charge on any atom is -0.276 e. The summed E-state index contributed by atoms with van der Waals surface area (Å²) in [7, 11) is 0. The smallest absolute Gasteiger partial charge is 0.276 e. The highest BCUT2D eigenvalue weighted by atomic mass is 19.4. The van der Waals surface area contributed by atoms with E-state index in [1.165, 1.54) is 0 Å². The molecule has 1 aromatic carbocycles. The summed E-state index contributed by atoms with van der Waals surface area (Å²) in [6.07, 6.45) is -4.68. The van der Waals surface area contributed by atoms with E-state index in [1.54, 1.807) is 30.3 Å². The van der Waals surface area contributed by atoms with E-state index < -0.39 is 36.0 Å². The van der Waals surface area contributed by atoms with Crippen LogP contribution in [0, 0.1) is 5.92 Å². The molecule has 0 N–H and O–H groups in total. The van der Waals surface area contributed by atoms with Gasteiger partial charge in [0.05, 0.1) is 6.54 Å². The van der Waals surface area contributed by atoms with Crippen LogP contribution in [-0.2, 0) is 16.1 Å². The SMILES string of the molecule is O=C1[C@H]2[C@H](C(F)(F)F)N=N[C@H]2C(=O)N1Cc1ccccc1. The highest BCUT2D eigenvalue weighted by molar-refractivity contribution is 6.07. The first-order valence-electron chi connectivity index (χ1n) is 6.25. The first-order valence-corrected chi connectivity index (χ1v) is 6.25. The van der Waals surface area contributed by atoms with Crippen LogP contribution in [0.2, 0.25) is 0 Å². The Morgan fingerprint density at radius 3 is 2.33 bits per heavy atom. The van der Waals surface area contributed by atoms with E-state index in [2.05, 4.69) is 10.2 Å². The maximum absolute atomic E-state index is 12.8. The average Bonchev–Trinajstić information content (AvgIpc) is 2.96. The lowest BCUT2D eigenvalue weighted by molar-refractivity contribution is -0.163. The quantitative estimate of drug-likeness (QED) is 0.783. The second-order valence-corrected chi connectivity index (χ2v) is 4.94. The van der Waals surface area contributed by atoms with Gasteiger partial charge in [0.2, 0.25) is 5.91 Å². The van der Waals surface area contributed by atoms with E-state index in [1.807, 2.05) is 0 Å². The monoisotopic (exact) mass is 297 g/mol. The normalized spacial score (nSPS) is 28.3. The van der Waals surface area contributed by atoms with Gasteiger partial charge in [0.15, 0.2) is 12.1 Å². The minimum atomic E-state index is -4.68. The number of alkyl halides is 3. The number of benzene rings is 1. The Hall–Kier alpha value is -2.25. The van der Waals surface area contributed by atoms with E-state index in [0.29, 0.717) is 5.56 Å². The standard InChI is InChI=1S/C13H10F3N3O2/c14-13(15,16)10-8-9(17-18-10)12(21)19(11(8)20)6-7-4-2-1-3-5-7/h1-5,8-10H,6H2/t8-,9-,10-/m1/s1. The predicted octanol–water partition coefficient (Wildman–Crippen LogP) is 1.94. The van der Waals surface area contributed by atoms with Crippen molar-refractivity contribution in [3.05, 3.63) is 35.9 Å². The molecule has 0 radical (unpaired) electrons. The van der Waals surface area contributed by atoms with Gasteiger partial charge in [-0.2, -0.15) is 23.4 Å². The summed E-state index contributed by atoms with van der Waals surface area (Å²) in [6, 6.07) is 5.03. The van der Waals surface area contributed by atoms with Gasteiger partial charge in [-0.3, -0.25) is 14.5 Å². The van der Waals surface area contributed by atoms with E-state index in [-0.39, 0.29) is 6.54 Å². The summed E-state index contributed by atoms with van der Waals surface area (Å²) in [5.74, 6) is -3.13. The van der Waals surface area contributed by atoms with E-state index in [4.69, 9.17) is 0 Å². The molecule has 0 aromatic heterocycles. The molecule has 2 aliphatic heterocycles. The zero-order valence-corrected chi connectivity index (χ0v) is 10.6. The van der Waals surface area contributed by atoms with Crippen molar-refractivity contribution in [3.8, 4) is 0 Å². The molecule has 0 aliphatic carbocycles. The van der Waals surface area contributed by atoms with Gasteiger partial charge in [-0.05, 0) is 5.56 Å². The number of halogens is 3. The molecule has 1 aromatic rings. The summed E-state index contributed by atoms with van der Waals surface area (Å²) in [6.45, 7) is -0.0500. The predicted molar refractivity (Wildman–Crippen MR) is 64.0 cm³/mol. The van der Waals surface area contributed by atoms with Crippen molar-refractivity contribution in [3.63, 3.8) is 0 Å². The Labute approximate surface area is 117 Å². The van der Waals surface area contributed by atoms with Gasteiger partial charge in [0.25, 0.3) is 5.91 Å². The maximum Gasteiger partial charge on any atom is 0.413 e. The van der Waals surface area contributed by atoms with Crippen LogP contribution in [0.4, 0.5) is 13.2 Å². The van der Waals surface area contributed by atoms with Crippen LogP contribution in [0.25, 0.3) is 0 Å². The van der Waals surface area contributed by atoms with Crippen molar-refractivity contribution >= 4 is 11.8 Å². The molecule has 0 bridgehead atoms. The molecule has 8 heteroatoms. The van der Waals surface area contributed by atoms with Gasteiger partial charge in [-0.15, -0.1) is 0 Å². The van der Waals surface area contributed by atoms with E-state index >= 15 is 0 Å². The molecular weight excluding hydrogens is 287 g/mol. The van der Waals surface area contributed by atoms with Crippen molar-refractivity contribution in [2.45, 2.75) is 24.8 Å². The van der Waals surface area contributed by atoms with Crippen LogP contribution < -0.4 is 0 Å². The van der Waals surface area contributed by atoms with Crippen LogP contribution in [0.1, 0.15) is 5.56 Å². The summed E-state index contributed by atoms with van der Waals surface area (Å²) in [5.41, 5.74) is 0.666. The lowest BCUT2D eigenvalue weighted by Crippen LogP contribution is -2.39. The zero-order valence-electron chi connectivity index (χ0n) is 10.6. The molecule has 0 saturated carbocycles. The third kappa shape index (κ3) is 2.20. The third-order valence-corrected chi connectivity index (χ3v) is 3.58. The van der Waals surface area contributed by atoms with E-state index in [0.717, 1.165) is 4.90 Å². The van der Waals surface area contributed by atoms with Crippen LogP contribution in [0.3, 0.4) is 0 Å². The lowest BCUT2D eigenvalue weighted by atomic mass is 9.96. The Bertz CT molecular complexity index is 615. The third-order valence-electron chi connectivity index (χ3n) is 3.58. The summed E-state index contributed by atoms with van der Waals surface area (Å²) in [4.78, 5) is 25.0. The molecule has 0 spiro atoms. The fourth-order valence-electron chi connectivity index (χ4n) is 2.57. The molecule has 3 atom stereocenters. The molecular formula is C13H10F3N3O2.